The zero-order valence-corrected chi connectivity index (χ0v) is 13.3. The van der Waals surface area contributed by atoms with Gasteiger partial charge in [-0.3, -0.25) is 4.79 Å². The van der Waals surface area contributed by atoms with Crippen LogP contribution in [0.4, 0.5) is 0 Å². The van der Waals surface area contributed by atoms with Gasteiger partial charge < -0.3 is 20.1 Å². The first kappa shape index (κ1) is 17.9. The van der Waals surface area contributed by atoms with Crippen molar-refractivity contribution in [2.24, 2.45) is 0 Å². The summed E-state index contributed by atoms with van der Waals surface area (Å²) < 4.78 is 5.42. The molecule has 0 radical (unpaired) electrons. The average molecular weight is 315 g/mol. The second kappa shape index (κ2) is 9.73. The molecule has 1 aromatic carbocycles. The Hall–Kier alpha value is -1.14. The van der Waals surface area contributed by atoms with Crippen molar-refractivity contribution in [1.82, 2.24) is 10.2 Å². The predicted molar refractivity (Wildman–Crippen MR) is 83.3 cm³/mol. The van der Waals surface area contributed by atoms with Gasteiger partial charge in [-0.1, -0.05) is 29.8 Å². The molecule has 2 N–H and O–H groups in total. The third kappa shape index (κ3) is 6.91. The highest BCUT2D eigenvalue weighted by Gasteiger charge is 2.09. The van der Waals surface area contributed by atoms with Gasteiger partial charge in [0, 0.05) is 25.2 Å². The molecule has 6 heteroatoms. The molecule has 0 aliphatic rings. The van der Waals surface area contributed by atoms with E-state index in [2.05, 4.69) is 5.32 Å². The van der Waals surface area contributed by atoms with Crippen LogP contribution in [0.15, 0.2) is 24.3 Å². The van der Waals surface area contributed by atoms with Crippen LogP contribution in [0.1, 0.15) is 12.5 Å². The van der Waals surface area contributed by atoms with Gasteiger partial charge in [-0.15, -0.1) is 0 Å². The molecule has 1 atom stereocenters. The van der Waals surface area contributed by atoms with Crippen molar-refractivity contribution in [3.8, 4) is 0 Å². The standard InChI is InChI=1S/C15H23ClN2O3/c1-3-18(2)15(20)9-17-8-13(19)11-21-10-12-6-4-5-7-14(12)16/h4-7,13,17,19H,3,8-11H2,1-2H3. The van der Waals surface area contributed by atoms with E-state index in [1.54, 1.807) is 18.0 Å². The first-order valence-corrected chi connectivity index (χ1v) is 7.36. The number of likely N-dealkylation sites (N-methyl/N-ethyl adjacent to an activating group) is 1. The number of hydrogen-bond donors (Lipinski definition) is 2. The first-order valence-electron chi connectivity index (χ1n) is 6.98. The van der Waals surface area contributed by atoms with Crippen molar-refractivity contribution in [3.63, 3.8) is 0 Å². The zero-order chi connectivity index (χ0) is 15.7. The Bertz CT molecular complexity index is 443. The average Bonchev–Trinajstić information content (AvgIpc) is 2.48. The first-order chi connectivity index (χ1) is 10.0. The molecule has 0 spiro atoms. The fourth-order valence-electron chi connectivity index (χ4n) is 1.64. The summed E-state index contributed by atoms with van der Waals surface area (Å²) in [6.45, 7) is 3.65. The largest absolute Gasteiger partial charge is 0.389 e. The smallest absolute Gasteiger partial charge is 0.236 e. The molecule has 0 bridgehead atoms. The summed E-state index contributed by atoms with van der Waals surface area (Å²) in [5.74, 6) is 0.00156. The lowest BCUT2D eigenvalue weighted by molar-refractivity contribution is -0.128. The second-order valence-corrected chi connectivity index (χ2v) is 5.21. The summed E-state index contributed by atoms with van der Waals surface area (Å²) in [4.78, 5) is 13.1. The number of halogens is 1. The maximum Gasteiger partial charge on any atom is 0.236 e. The van der Waals surface area contributed by atoms with E-state index in [1.165, 1.54) is 0 Å². The van der Waals surface area contributed by atoms with Crippen LogP contribution in [0.3, 0.4) is 0 Å². The predicted octanol–water partition coefficient (Wildman–Crippen LogP) is 1.29. The van der Waals surface area contributed by atoms with Crippen molar-refractivity contribution in [2.45, 2.75) is 19.6 Å². The molecule has 1 aromatic rings. The Morgan fingerprint density at radius 1 is 1.48 bits per heavy atom. The molecule has 0 saturated heterocycles. The summed E-state index contributed by atoms with van der Waals surface area (Å²) in [5, 5.41) is 13.3. The molecule has 0 aliphatic carbocycles. The number of nitrogens with one attached hydrogen (secondary N) is 1. The zero-order valence-electron chi connectivity index (χ0n) is 12.5. The molecular weight excluding hydrogens is 292 g/mol. The highest BCUT2D eigenvalue weighted by Crippen LogP contribution is 2.15. The van der Waals surface area contributed by atoms with Gasteiger partial charge in [0.05, 0.1) is 25.9 Å². The topological polar surface area (TPSA) is 61.8 Å². The molecular formula is C15H23ClN2O3. The van der Waals surface area contributed by atoms with Gasteiger partial charge in [-0.2, -0.15) is 0 Å². The van der Waals surface area contributed by atoms with Crippen LogP contribution in [-0.2, 0) is 16.1 Å². The Labute approximate surface area is 130 Å². The third-order valence-corrected chi connectivity index (χ3v) is 3.45. The number of rotatable bonds is 9. The van der Waals surface area contributed by atoms with Crippen molar-refractivity contribution in [2.75, 3.05) is 33.3 Å². The van der Waals surface area contributed by atoms with Crippen molar-refractivity contribution < 1.29 is 14.6 Å². The van der Waals surface area contributed by atoms with Gasteiger partial charge in [0.2, 0.25) is 5.91 Å². The number of nitrogens with zero attached hydrogens (tertiary/aromatic N) is 1. The Balaban J connectivity index is 2.16. The minimum atomic E-state index is -0.660. The molecule has 5 nitrogen and oxygen atoms in total. The molecule has 0 fully saturated rings. The number of carbonyl (C=O) groups is 1. The van der Waals surface area contributed by atoms with Crippen LogP contribution in [0.5, 0.6) is 0 Å². The number of ether oxygens (including phenoxy) is 1. The molecule has 0 aromatic heterocycles. The van der Waals surface area contributed by atoms with Crippen LogP contribution in [0.2, 0.25) is 5.02 Å². The van der Waals surface area contributed by atoms with E-state index in [9.17, 15) is 9.90 Å². The molecule has 1 amide bonds. The van der Waals surface area contributed by atoms with Gasteiger partial charge in [0.15, 0.2) is 0 Å². The van der Waals surface area contributed by atoms with Crippen LogP contribution >= 0.6 is 11.6 Å². The Morgan fingerprint density at radius 2 is 2.19 bits per heavy atom. The quantitative estimate of drug-likeness (QED) is 0.721. The highest BCUT2D eigenvalue weighted by molar-refractivity contribution is 6.31. The lowest BCUT2D eigenvalue weighted by Crippen LogP contribution is -2.39. The monoisotopic (exact) mass is 314 g/mol. The lowest BCUT2D eigenvalue weighted by atomic mass is 10.2. The lowest BCUT2D eigenvalue weighted by Gasteiger charge is -2.16. The molecule has 0 aliphatic heterocycles. The molecule has 1 unspecified atom stereocenters. The summed E-state index contributed by atoms with van der Waals surface area (Å²) in [6, 6.07) is 7.42. The minimum Gasteiger partial charge on any atom is -0.389 e. The van der Waals surface area contributed by atoms with E-state index in [1.807, 2.05) is 25.1 Å². The minimum absolute atomic E-state index is 0.00156. The van der Waals surface area contributed by atoms with Gasteiger partial charge in [0.25, 0.3) is 0 Å². The summed E-state index contributed by atoms with van der Waals surface area (Å²) in [7, 11) is 1.74. The van der Waals surface area contributed by atoms with Crippen molar-refractivity contribution in [3.05, 3.63) is 34.9 Å². The third-order valence-electron chi connectivity index (χ3n) is 3.08. The van der Waals surface area contributed by atoms with E-state index >= 15 is 0 Å². The fourth-order valence-corrected chi connectivity index (χ4v) is 1.83. The maximum atomic E-state index is 11.5. The number of carbonyl (C=O) groups excluding carboxylic acids is 1. The Morgan fingerprint density at radius 3 is 2.86 bits per heavy atom. The van der Waals surface area contributed by atoms with Crippen LogP contribution in [-0.4, -0.2) is 55.3 Å². The van der Waals surface area contributed by atoms with Crippen LogP contribution in [0, 0.1) is 0 Å². The second-order valence-electron chi connectivity index (χ2n) is 4.80. The fraction of sp³-hybridized carbons (Fsp3) is 0.533. The normalized spacial score (nSPS) is 12.2. The molecule has 0 saturated carbocycles. The highest BCUT2D eigenvalue weighted by atomic mass is 35.5. The van der Waals surface area contributed by atoms with E-state index in [0.717, 1.165) is 5.56 Å². The molecule has 1 rings (SSSR count). The van der Waals surface area contributed by atoms with E-state index < -0.39 is 6.10 Å². The van der Waals surface area contributed by atoms with Gasteiger partial charge in [-0.05, 0) is 18.6 Å². The van der Waals surface area contributed by atoms with E-state index in [0.29, 0.717) is 24.7 Å². The molecule has 118 valence electrons. The number of aliphatic hydroxyl groups is 1. The summed E-state index contributed by atoms with van der Waals surface area (Å²) in [5.41, 5.74) is 0.888. The number of amides is 1. The number of benzene rings is 1. The summed E-state index contributed by atoms with van der Waals surface area (Å²) >= 11 is 6.00. The van der Waals surface area contributed by atoms with Gasteiger partial charge in [-0.25, -0.2) is 0 Å². The van der Waals surface area contributed by atoms with Gasteiger partial charge in [0.1, 0.15) is 0 Å². The van der Waals surface area contributed by atoms with Crippen molar-refractivity contribution >= 4 is 17.5 Å². The number of hydrogen-bond acceptors (Lipinski definition) is 4. The van der Waals surface area contributed by atoms with Crippen molar-refractivity contribution in [1.29, 1.82) is 0 Å². The molecule has 0 heterocycles. The number of aliphatic hydroxyl groups excluding tert-OH is 1. The molecule has 21 heavy (non-hydrogen) atoms. The van der Waals surface area contributed by atoms with E-state index in [4.69, 9.17) is 16.3 Å². The van der Waals surface area contributed by atoms with Gasteiger partial charge >= 0.3 is 0 Å². The van der Waals surface area contributed by atoms with E-state index in [-0.39, 0.29) is 19.1 Å². The summed E-state index contributed by atoms with van der Waals surface area (Å²) in [6.07, 6.45) is -0.660. The van der Waals surface area contributed by atoms with Crippen LogP contribution < -0.4 is 5.32 Å². The SMILES string of the molecule is CCN(C)C(=O)CNCC(O)COCc1ccccc1Cl. The van der Waals surface area contributed by atoms with Crippen LogP contribution in [0.25, 0.3) is 0 Å². The maximum absolute atomic E-state index is 11.5. The Kier molecular flexibility index (Phi) is 8.30.